The van der Waals surface area contributed by atoms with Gasteiger partial charge in [0.2, 0.25) is 0 Å². The summed E-state index contributed by atoms with van der Waals surface area (Å²) in [5.74, 6) is 1.56. The zero-order valence-corrected chi connectivity index (χ0v) is 14.1. The monoisotopic (exact) mass is 373 g/mol. The van der Waals surface area contributed by atoms with E-state index in [9.17, 15) is 0 Å². The highest BCUT2D eigenvalue weighted by molar-refractivity contribution is 9.10. The molecule has 0 saturated carbocycles. The Morgan fingerprint density at radius 3 is 2.75 bits per heavy atom. The number of halogens is 3. The lowest BCUT2D eigenvalue weighted by atomic mass is 10.1. The Labute approximate surface area is 136 Å². The smallest absolute Gasteiger partial charge is 0.144 e. The van der Waals surface area contributed by atoms with Crippen LogP contribution in [-0.4, -0.2) is 16.5 Å². The number of nitrogens with zero attached hydrogens (tertiary/aromatic N) is 2. The third kappa shape index (κ3) is 4.08. The van der Waals surface area contributed by atoms with Crippen LogP contribution in [0.2, 0.25) is 10.0 Å². The van der Waals surface area contributed by atoms with Crippen LogP contribution in [0.15, 0.2) is 28.9 Å². The lowest BCUT2D eigenvalue weighted by molar-refractivity contribution is 0.927. The first-order chi connectivity index (χ1) is 9.60. The van der Waals surface area contributed by atoms with Crippen molar-refractivity contribution in [2.45, 2.75) is 19.8 Å². The van der Waals surface area contributed by atoms with Crippen molar-refractivity contribution >= 4 is 44.9 Å². The average molecular weight is 375 g/mol. The highest BCUT2D eigenvalue weighted by Crippen LogP contribution is 2.24. The van der Waals surface area contributed by atoms with Gasteiger partial charge in [0.15, 0.2) is 0 Å². The molecule has 0 aliphatic rings. The Balaban J connectivity index is 2.18. The van der Waals surface area contributed by atoms with Gasteiger partial charge in [-0.1, -0.05) is 36.2 Å². The third-order valence-electron chi connectivity index (χ3n) is 2.68. The molecule has 106 valence electrons. The normalized spacial score (nSPS) is 10.6. The summed E-state index contributed by atoms with van der Waals surface area (Å²) in [4.78, 5) is 8.83. The summed E-state index contributed by atoms with van der Waals surface area (Å²) in [5.41, 5.74) is 1.03. The largest absolute Gasteiger partial charge is 0.369 e. The predicted octanol–water partition coefficient (Wildman–Crippen LogP) is 4.96. The van der Waals surface area contributed by atoms with Gasteiger partial charge in [-0.2, -0.15) is 0 Å². The third-order valence-corrected chi connectivity index (χ3v) is 4.00. The fourth-order valence-corrected chi connectivity index (χ4v) is 2.34. The molecule has 1 N–H and O–H groups in total. The number of nitrogens with one attached hydrogen (secondary N) is 1. The van der Waals surface area contributed by atoms with Gasteiger partial charge in [0.05, 0.1) is 14.5 Å². The van der Waals surface area contributed by atoms with Gasteiger partial charge < -0.3 is 5.32 Å². The van der Waals surface area contributed by atoms with E-state index in [4.69, 9.17) is 23.2 Å². The van der Waals surface area contributed by atoms with E-state index in [0.717, 1.165) is 34.6 Å². The molecule has 0 radical (unpaired) electrons. The zero-order valence-electron chi connectivity index (χ0n) is 11.0. The number of hydrogen-bond acceptors (Lipinski definition) is 3. The van der Waals surface area contributed by atoms with E-state index >= 15 is 0 Å². The zero-order chi connectivity index (χ0) is 14.5. The summed E-state index contributed by atoms with van der Waals surface area (Å²) < 4.78 is 0.865. The van der Waals surface area contributed by atoms with Crippen LogP contribution < -0.4 is 5.32 Å². The molecule has 20 heavy (non-hydrogen) atoms. The van der Waals surface area contributed by atoms with Gasteiger partial charge in [0.25, 0.3) is 0 Å². The first-order valence-corrected chi connectivity index (χ1v) is 7.84. The van der Waals surface area contributed by atoms with E-state index in [1.807, 2.05) is 12.1 Å². The van der Waals surface area contributed by atoms with Crippen molar-refractivity contribution in [3.63, 3.8) is 0 Å². The minimum absolute atomic E-state index is 0.547. The molecule has 2 aromatic rings. The average Bonchev–Trinajstić information content (AvgIpc) is 2.43. The van der Waals surface area contributed by atoms with Crippen LogP contribution in [0, 0.1) is 0 Å². The van der Waals surface area contributed by atoms with Crippen LogP contribution in [0.4, 0.5) is 5.82 Å². The van der Waals surface area contributed by atoms with Crippen molar-refractivity contribution < 1.29 is 0 Å². The highest BCUT2D eigenvalue weighted by atomic mass is 79.9. The molecular formula is C14H14BrCl2N3. The number of rotatable bonds is 5. The van der Waals surface area contributed by atoms with Gasteiger partial charge in [0.1, 0.15) is 11.6 Å². The molecule has 1 aromatic carbocycles. The SMILES string of the molecule is CCCNc1nc(Cc2ccc(Cl)c(Cl)c2)ncc1Br. The summed E-state index contributed by atoms with van der Waals surface area (Å²) in [6.45, 7) is 2.99. The number of hydrogen-bond donors (Lipinski definition) is 1. The van der Waals surface area contributed by atoms with Gasteiger partial charge in [-0.15, -0.1) is 0 Å². The second-order valence-corrected chi connectivity index (χ2v) is 6.00. The maximum atomic E-state index is 6.01. The molecule has 3 nitrogen and oxygen atoms in total. The summed E-state index contributed by atoms with van der Waals surface area (Å²) in [7, 11) is 0. The molecule has 0 unspecified atom stereocenters. The molecule has 0 aliphatic heterocycles. The first kappa shape index (κ1) is 15.5. The van der Waals surface area contributed by atoms with Gasteiger partial charge >= 0.3 is 0 Å². The molecule has 0 saturated heterocycles. The molecule has 6 heteroatoms. The maximum absolute atomic E-state index is 6.01. The topological polar surface area (TPSA) is 37.8 Å². The molecule has 2 rings (SSSR count). The fourth-order valence-electron chi connectivity index (χ4n) is 1.69. The summed E-state index contributed by atoms with van der Waals surface area (Å²) in [5, 5.41) is 4.36. The molecular weight excluding hydrogens is 361 g/mol. The van der Waals surface area contributed by atoms with Crippen molar-refractivity contribution in [3.8, 4) is 0 Å². The maximum Gasteiger partial charge on any atom is 0.144 e. The van der Waals surface area contributed by atoms with Gasteiger partial charge in [-0.25, -0.2) is 9.97 Å². The Bertz CT molecular complexity index is 605. The molecule has 1 heterocycles. The standard InChI is InChI=1S/C14H14BrCl2N3/c1-2-5-18-14-10(15)8-19-13(20-14)7-9-3-4-11(16)12(17)6-9/h3-4,6,8H,2,5,7H2,1H3,(H,18,19,20). The first-order valence-electron chi connectivity index (χ1n) is 6.29. The number of benzene rings is 1. The van der Waals surface area contributed by atoms with Crippen LogP contribution in [0.1, 0.15) is 24.7 Å². The van der Waals surface area contributed by atoms with Crippen LogP contribution in [0.3, 0.4) is 0 Å². The second kappa shape index (κ2) is 7.25. The van der Waals surface area contributed by atoms with Gasteiger partial charge in [-0.05, 0) is 40.0 Å². The number of anilines is 1. The van der Waals surface area contributed by atoms with Crippen molar-refractivity contribution in [1.29, 1.82) is 0 Å². The molecule has 1 aromatic heterocycles. The van der Waals surface area contributed by atoms with Crippen molar-refractivity contribution in [3.05, 3.63) is 50.3 Å². The highest BCUT2D eigenvalue weighted by Gasteiger charge is 2.07. The van der Waals surface area contributed by atoms with E-state index in [-0.39, 0.29) is 0 Å². The van der Waals surface area contributed by atoms with Crippen molar-refractivity contribution in [2.75, 3.05) is 11.9 Å². The van der Waals surface area contributed by atoms with Gasteiger partial charge in [-0.3, -0.25) is 0 Å². The fraction of sp³-hybridized carbons (Fsp3) is 0.286. The summed E-state index contributed by atoms with van der Waals surface area (Å²) >= 11 is 15.4. The summed E-state index contributed by atoms with van der Waals surface area (Å²) in [6.07, 6.45) is 3.42. The minimum atomic E-state index is 0.547. The Kier molecular flexibility index (Phi) is 5.64. The van der Waals surface area contributed by atoms with E-state index in [2.05, 4.69) is 38.1 Å². The predicted molar refractivity (Wildman–Crippen MR) is 87.8 cm³/mol. The van der Waals surface area contributed by atoms with Crippen LogP contribution >= 0.6 is 39.1 Å². The second-order valence-electron chi connectivity index (χ2n) is 4.33. The molecule has 0 amide bonds. The van der Waals surface area contributed by atoms with Crippen molar-refractivity contribution in [2.24, 2.45) is 0 Å². The Hall–Kier alpha value is -0.840. The lowest BCUT2D eigenvalue weighted by Gasteiger charge is -2.08. The number of aromatic nitrogens is 2. The molecule has 0 atom stereocenters. The van der Waals surface area contributed by atoms with Crippen molar-refractivity contribution in [1.82, 2.24) is 9.97 Å². The van der Waals surface area contributed by atoms with Gasteiger partial charge in [0, 0.05) is 19.2 Å². The van der Waals surface area contributed by atoms with Crippen LogP contribution in [0.5, 0.6) is 0 Å². The van der Waals surface area contributed by atoms with Crippen LogP contribution in [0.25, 0.3) is 0 Å². The van der Waals surface area contributed by atoms with E-state index in [0.29, 0.717) is 16.5 Å². The summed E-state index contributed by atoms with van der Waals surface area (Å²) in [6, 6.07) is 5.56. The lowest BCUT2D eigenvalue weighted by Crippen LogP contribution is -2.06. The molecule has 0 spiro atoms. The van der Waals surface area contributed by atoms with Crippen LogP contribution in [-0.2, 0) is 6.42 Å². The molecule has 0 aliphatic carbocycles. The Morgan fingerprint density at radius 1 is 1.25 bits per heavy atom. The van der Waals surface area contributed by atoms with E-state index < -0.39 is 0 Å². The minimum Gasteiger partial charge on any atom is -0.369 e. The van der Waals surface area contributed by atoms with E-state index in [1.165, 1.54) is 0 Å². The quantitative estimate of drug-likeness (QED) is 0.803. The molecule has 0 fully saturated rings. The van der Waals surface area contributed by atoms with E-state index in [1.54, 1.807) is 12.3 Å². The Morgan fingerprint density at radius 2 is 2.05 bits per heavy atom. The molecule has 0 bridgehead atoms.